The second kappa shape index (κ2) is 10.4. The number of fused-ring (bicyclic) bond motifs is 2. The Hall–Kier alpha value is -5.75. The maximum absolute atomic E-state index is 14.2. The molecule has 9 heteroatoms. The van der Waals surface area contributed by atoms with Crippen LogP contribution in [-0.2, 0) is 0 Å². The van der Waals surface area contributed by atoms with Crippen molar-refractivity contribution in [2.75, 3.05) is 5.73 Å². The minimum absolute atomic E-state index is 0.0689. The monoisotopic (exact) mass is 539 g/mol. The molecule has 3 N–H and O–H groups in total. The Balaban J connectivity index is 1.48. The molecule has 6 rings (SSSR count). The fraction of sp³-hybridized carbons (Fsp3) is 0.0938. The van der Waals surface area contributed by atoms with E-state index in [-0.39, 0.29) is 16.9 Å². The number of hydrogen-bond acceptors (Lipinski definition) is 6. The van der Waals surface area contributed by atoms with Crippen LogP contribution < -0.4 is 16.6 Å². The zero-order valence-corrected chi connectivity index (χ0v) is 22.4. The summed E-state index contributed by atoms with van der Waals surface area (Å²) < 4.78 is 3.08. The minimum Gasteiger partial charge on any atom is -0.381 e. The van der Waals surface area contributed by atoms with Gasteiger partial charge in [0.05, 0.1) is 11.4 Å². The highest BCUT2D eigenvalue weighted by Crippen LogP contribution is 2.24. The first-order chi connectivity index (χ1) is 19.9. The highest BCUT2D eigenvalue weighted by atomic mass is 16.2. The molecule has 0 saturated carbocycles. The number of amides is 1. The summed E-state index contributed by atoms with van der Waals surface area (Å²) in [6, 6.07) is 19.8. The van der Waals surface area contributed by atoms with E-state index in [0.29, 0.717) is 33.4 Å². The van der Waals surface area contributed by atoms with Crippen molar-refractivity contribution in [1.82, 2.24) is 29.5 Å². The molecule has 4 heterocycles. The van der Waals surface area contributed by atoms with Crippen molar-refractivity contribution >= 4 is 28.1 Å². The molecule has 0 spiro atoms. The highest BCUT2D eigenvalue weighted by Gasteiger charge is 2.24. The van der Waals surface area contributed by atoms with E-state index >= 15 is 0 Å². The lowest BCUT2D eigenvalue weighted by atomic mass is 10.0. The van der Waals surface area contributed by atoms with Gasteiger partial charge in [0.2, 0.25) is 0 Å². The predicted molar refractivity (Wildman–Crippen MR) is 158 cm³/mol. The number of hydrogen-bond donors (Lipinski definition) is 2. The molecular weight excluding hydrogens is 514 g/mol. The summed E-state index contributed by atoms with van der Waals surface area (Å²) in [5.74, 6) is 5.97. The number of aryl methyl sites for hydroxylation is 1. The van der Waals surface area contributed by atoms with Gasteiger partial charge in [-0.3, -0.25) is 19.1 Å². The van der Waals surface area contributed by atoms with Crippen molar-refractivity contribution in [3.8, 4) is 17.5 Å². The Morgan fingerprint density at radius 2 is 1.80 bits per heavy atom. The third-order valence-corrected chi connectivity index (χ3v) is 6.90. The number of aromatic nitrogens is 5. The molecule has 0 aliphatic heterocycles. The SMILES string of the molecule is Cc1ccncc1C#Cc1cccc2cc([C@@H](C)NC(=O)c3c(N)nn4cccnc34)n(-c3ccccc3)c(=O)c12. The lowest BCUT2D eigenvalue weighted by Crippen LogP contribution is -2.32. The van der Waals surface area contributed by atoms with Crippen LogP contribution in [0.2, 0.25) is 0 Å². The normalized spacial score (nSPS) is 11.7. The number of nitrogens with one attached hydrogen (secondary N) is 1. The Bertz CT molecular complexity index is 2070. The Kier molecular flexibility index (Phi) is 6.49. The van der Waals surface area contributed by atoms with Crippen molar-refractivity contribution in [2.45, 2.75) is 19.9 Å². The van der Waals surface area contributed by atoms with E-state index in [0.717, 1.165) is 11.1 Å². The van der Waals surface area contributed by atoms with E-state index < -0.39 is 11.9 Å². The van der Waals surface area contributed by atoms with E-state index in [4.69, 9.17) is 5.73 Å². The quantitative estimate of drug-likeness (QED) is 0.324. The van der Waals surface area contributed by atoms with E-state index in [1.54, 1.807) is 35.4 Å². The Morgan fingerprint density at radius 3 is 2.61 bits per heavy atom. The molecule has 0 unspecified atom stereocenters. The molecule has 0 radical (unpaired) electrons. The highest BCUT2D eigenvalue weighted by molar-refractivity contribution is 6.04. The number of nitrogens with two attached hydrogens (primary N) is 1. The number of pyridine rings is 2. The lowest BCUT2D eigenvalue weighted by Gasteiger charge is -2.21. The molecule has 2 aromatic carbocycles. The van der Waals surface area contributed by atoms with Gasteiger partial charge in [-0.2, -0.15) is 0 Å². The molecule has 1 amide bonds. The second-order valence-corrected chi connectivity index (χ2v) is 9.60. The van der Waals surface area contributed by atoms with Crippen molar-refractivity contribution in [3.05, 3.63) is 130 Å². The molecule has 4 aromatic heterocycles. The zero-order chi connectivity index (χ0) is 28.5. The van der Waals surface area contributed by atoms with Gasteiger partial charge in [-0.1, -0.05) is 42.2 Å². The van der Waals surface area contributed by atoms with Crippen LogP contribution in [0.4, 0.5) is 5.82 Å². The van der Waals surface area contributed by atoms with Gasteiger partial charge in [0.1, 0.15) is 5.56 Å². The van der Waals surface area contributed by atoms with Gasteiger partial charge in [0.15, 0.2) is 11.5 Å². The van der Waals surface area contributed by atoms with Crippen LogP contribution in [0.1, 0.15) is 45.7 Å². The summed E-state index contributed by atoms with van der Waals surface area (Å²) in [5, 5.41) is 8.38. The molecule has 0 aliphatic rings. The van der Waals surface area contributed by atoms with Crippen molar-refractivity contribution in [3.63, 3.8) is 0 Å². The second-order valence-electron chi connectivity index (χ2n) is 9.60. The molecule has 0 bridgehead atoms. The van der Waals surface area contributed by atoms with Crippen LogP contribution in [-0.4, -0.2) is 30.1 Å². The minimum atomic E-state index is -0.578. The van der Waals surface area contributed by atoms with Crippen molar-refractivity contribution in [2.24, 2.45) is 0 Å². The average molecular weight is 540 g/mol. The summed E-state index contributed by atoms with van der Waals surface area (Å²) >= 11 is 0. The van der Waals surface area contributed by atoms with Gasteiger partial charge in [-0.15, -0.1) is 5.10 Å². The number of para-hydroxylation sites is 1. The fourth-order valence-electron chi connectivity index (χ4n) is 4.84. The number of nitrogens with zero attached hydrogens (tertiary/aromatic N) is 5. The van der Waals surface area contributed by atoms with Crippen LogP contribution in [0.5, 0.6) is 0 Å². The number of benzene rings is 2. The first kappa shape index (κ1) is 25.5. The molecule has 1 atom stereocenters. The summed E-state index contributed by atoms with van der Waals surface area (Å²) in [7, 11) is 0. The first-order valence-corrected chi connectivity index (χ1v) is 13.0. The summed E-state index contributed by atoms with van der Waals surface area (Å²) in [5.41, 5.74) is 10.0. The number of carbonyl (C=O) groups is 1. The molecule has 9 nitrogen and oxygen atoms in total. The summed E-state index contributed by atoms with van der Waals surface area (Å²) in [4.78, 5) is 36.1. The largest absolute Gasteiger partial charge is 0.381 e. The van der Waals surface area contributed by atoms with Gasteiger partial charge >= 0.3 is 0 Å². The maximum Gasteiger partial charge on any atom is 0.264 e. The standard InChI is InChI=1S/C32H25N7O2/c1-20-14-16-34-19-24(20)13-12-22-8-6-9-23-18-26(39(32(41)27(22)23)25-10-4-3-5-11-25)21(2)36-31(40)28-29(33)37-38-17-7-15-35-30(28)38/h3-11,14-19,21H,1-2H3,(H2,33,37)(H,36,40)/t21-/m1/s1. The topological polar surface area (TPSA) is 120 Å². The zero-order valence-electron chi connectivity index (χ0n) is 22.4. The molecule has 6 aromatic rings. The van der Waals surface area contributed by atoms with Crippen LogP contribution in [0, 0.1) is 18.8 Å². The molecule has 41 heavy (non-hydrogen) atoms. The third-order valence-electron chi connectivity index (χ3n) is 6.90. The van der Waals surface area contributed by atoms with Gasteiger partial charge in [-0.05, 0) is 61.2 Å². The molecule has 200 valence electrons. The average Bonchev–Trinajstić information content (AvgIpc) is 3.32. The lowest BCUT2D eigenvalue weighted by molar-refractivity contribution is 0.0941. The van der Waals surface area contributed by atoms with Crippen LogP contribution in [0.15, 0.2) is 96.3 Å². The number of nitrogen functional groups attached to an aromatic ring is 1. The van der Waals surface area contributed by atoms with Crippen LogP contribution in [0.25, 0.3) is 22.1 Å². The first-order valence-electron chi connectivity index (χ1n) is 13.0. The Morgan fingerprint density at radius 1 is 1.00 bits per heavy atom. The van der Waals surface area contributed by atoms with Gasteiger partial charge in [-0.25, -0.2) is 9.50 Å². The third kappa shape index (κ3) is 4.68. The van der Waals surface area contributed by atoms with E-state index in [2.05, 4.69) is 32.2 Å². The smallest absolute Gasteiger partial charge is 0.264 e. The van der Waals surface area contributed by atoms with Crippen LogP contribution in [0.3, 0.4) is 0 Å². The Labute approximate surface area is 235 Å². The van der Waals surface area contributed by atoms with Gasteiger partial charge in [0.25, 0.3) is 11.5 Å². The fourth-order valence-corrected chi connectivity index (χ4v) is 4.84. The number of rotatable bonds is 4. The van der Waals surface area contributed by atoms with Crippen molar-refractivity contribution in [1.29, 1.82) is 0 Å². The van der Waals surface area contributed by atoms with E-state index in [9.17, 15) is 9.59 Å². The summed E-state index contributed by atoms with van der Waals surface area (Å²) in [6.45, 7) is 3.79. The molecule has 0 saturated heterocycles. The molecular formula is C32H25N7O2. The van der Waals surface area contributed by atoms with Gasteiger partial charge < -0.3 is 11.1 Å². The maximum atomic E-state index is 14.2. The van der Waals surface area contributed by atoms with E-state index in [1.165, 1.54) is 4.52 Å². The molecule has 0 fully saturated rings. The van der Waals surface area contributed by atoms with Crippen LogP contribution >= 0.6 is 0 Å². The van der Waals surface area contributed by atoms with E-state index in [1.807, 2.05) is 74.5 Å². The summed E-state index contributed by atoms with van der Waals surface area (Å²) in [6.07, 6.45) is 6.68. The van der Waals surface area contributed by atoms with Crippen molar-refractivity contribution < 1.29 is 4.79 Å². The van der Waals surface area contributed by atoms with Gasteiger partial charge in [0, 0.05) is 47.3 Å². The number of anilines is 1. The predicted octanol–water partition coefficient (Wildman–Crippen LogP) is 4.21. The number of carbonyl (C=O) groups excluding carboxylic acids is 1. The molecule has 0 aliphatic carbocycles.